The number of nitrogens with zero attached hydrogens (tertiary/aromatic N) is 3. The highest BCUT2D eigenvalue weighted by molar-refractivity contribution is 6.32. The Balaban J connectivity index is 2.83. The molecule has 0 saturated heterocycles. The summed E-state index contributed by atoms with van der Waals surface area (Å²) in [6.07, 6.45) is 3.53. The molecule has 15 heavy (non-hydrogen) atoms. The summed E-state index contributed by atoms with van der Waals surface area (Å²) < 4.78 is 5.06. The average Bonchev–Trinajstić information content (AvgIpc) is 2.26. The van der Waals surface area contributed by atoms with E-state index < -0.39 is 0 Å². The second-order valence-corrected chi connectivity index (χ2v) is 3.11. The Morgan fingerprint density at radius 1 is 1.60 bits per heavy atom. The maximum absolute atomic E-state index is 8.08. The van der Waals surface area contributed by atoms with E-state index in [1.54, 1.807) is 31.4 Å². The normalized spacial score (nSPS) is 10.0. The lowest BCUT2D eigenvalue weighted by atomic mass is 10.2. The van der Waals surface area contributed by atoms with Crippen LogP contribution in [-0.4, -0.2) is 13.7 Å². The number of hydrogen-bond acceptors (Lipinski definition) is 2. The molecule has 0 heterocycles. The molecule has 0 unspecified atom stereocenters. The number of ether oxygens (including phenoxy) is 1. The Bertz CT molecular complexity index is 411. The molecule has 0 saturated carbocycles. The minimum Gasteiger partial charge on any atom is -0.497 e. The Labute approximate surface area is 92.8 Å². The van der Waals surface area contributed by atoms with Crippen LogP contribution in [0.4, 0.5) is 0 Å². The lowest BCUT2D eigenvalue weighted by molar-refractivity contribution is 0.414. The summed E-state index contributed by atoms with van der Waals surface area (Å²) in [6.45, 7) is 0.310. The van der Waals surface area contributed by atoms with Crippen LogP contribution in [-0.2, 0) is 0 Å². The highest BCUT2D eigenvalue weighted by atomic mass is 35.5. The molecule has 1 aromatic carbocycles. The van der Waals surface area contributed by atoms with E-state index in [2.05, 4.69) is 10.0 Å². The molecule has 0 amide bonds. The zero-order valence-corrected chi connectivity index (χ0v) is 8.98. The van der Waals surface area contributed by atoms with E-state index in [1.807, 2.05) is 6.07 Å². The molecule has 0 aliphatic heterocycles. The quantitative estimate of drug-likeness (QED) is 0.436. The molecule has 0 N–H and O–H groups in total. The van der Waals surface area contributed by atoms with Crippen LogP contribution in [0, 0.1) is 0 Å². The van der Waals surface area contributed by atoms with Gasteiger partial charge in [-0.05, 0) is 29.3 Å². The van der Waals surface area contributed by atoms with E-state index in [4.69, 9.17) is 21.9 Å². The van der Waals surface area contributed by atoms with E-state index in [-0.39, 0.29) is 0 Å². The number of methoxy groups -OCH3 is 1. The van der Waals surface area contributed by atoms with Gasteiger partial charge in [-0.1, -0.05) is 28.9 Å². The molecule has 4 nitrogen and oxygen atoms in total. The molecule has 0 fully saturated rings. The third-order valence-corrected chi connectivity index (χ3v) is 2.10. The summed E-state index contributed by atoms with van der Waals surface area (Å²) in [4.78, 5) is 2.64. The van der Waals surface area contributed by atoms with Gasteiger partial charge in [-0.3, -0.25) is 0 Å². The average molecular weight is 224 g/mol. The molecule has 0 aromatic heterocycles. The van der Waals surface area contributed by atoms with Gasteiger partial charge >= 0.3 is 0 Å². The van der Waals surface area contributed by atoms with Crippen molar-refractivity contribution in [2.45, 2.75) is 0 Å². The fourth-order valence-corrected chi connectivity index (χ4v) is 1.22. The van der Waals surface area contributed by atoms with E-state index in [0.29, 0.717) is 11.6 Å². The van der Waals surface area contributed by atoms with Crippen LogP contribution in [0.3, 0.4) is 0 Å². The first-order valence-corrected chi connectivity index (χ1v) is 4.66. The molecular formula is C10H10ClN3O. The summed E-state index contributed by atoms with van der Waals surface area (Å²) >= 11 is 5.96. The van der Waals surface area contributed by atoms with E-state index in [1.165, 1.54) is 0 Å². The smallest absolute Gasteiger partial charge is 0.119 e. The third kappa shape index (κ3) is 3.54. The van der Waals surface area contributed by atoms with Crippen molar-refractivity contribution in [2.24, 2.45) is 5.11 Å². The standard InChI is InChI=1S/C10H10ClN3O/c1-15-9-4-5-10(11)8(7-9)3-2-6-13-14-12/h2-5,7H,6H2,1H3. The fraction of sp³-hybridized carbons (Fsp3) is 0.200. The van der Waals surface area contributed by atoms with Gasteiger partial charge in [-0.15, -0.1) is 0 Å². The van der Waals surface area contributed by atoms with Crippen molar-refractivity contribution >= 4 is 17.7 Å². The van der Waals surface area contributed by atoms with Crippen LogP contribution in [0.2, 0.25) is 5.02 Å². The van der Waals surface area contributed by atoms with Crippen molar-refractivity contribution in [3.8, 4) is 5.75 Å². The van der Waals surface area contributed by atoms with Crippen molar-refractivity contribution in [2.75, 3.05) is 13.7 Å². The Morgan fingerprint density at radius 3 is 3.07 bits per heavy atom. The number of halogens is 1. The van der Waals surface area contributed by atoms with Gasteiger partial charge in [-0.2, -0.15) is 0 Å². The number of benzene rings is 1. The summed E-state index contributed by atoms with van der Waals surface area (Å²) in [7, 11) is 1.59. The van der Waals surface area contributed by atoms with Crippen molar-refractivity contribution in [3.63, 3.8) is 0 Å². The fourth-order valence-electron chi connectivity index (χ4n) is 1.04. The second kappa shape index (κ2) is 5.96. The van der Waals surface area contributed by atoms with Gasteiger partial charge in [0.1, 0.15) is 5.75 Å². The monoisotopic (exact) mass is 223 g/mol. The Morgan fingerprint density at radius 2 is 2.40 bits per heavy atom. The van der Waals surface area contributed by atoms with Crippen molar-refractivity contribution in [1.82, 2.24) is 0 Å². The van der Waals surface area contributed by atoms with Gasteiger partial charge in [0.15, 0.2) is 0 Å². The SMILES string of the molecule is COc1ccc(Cl)c(C=CCN=[N+]=[N-])c1. The molecule has 0 bridgehead atoms. The molecule has 5 heteroatoms. The van der Waals surface area contributed by atoms with Crippen molar-refractivity contribution in [1.29, 1.82) is 0 Å². The molecule has 78 valence electrons. The summed E-state index contributed by atoms with van der Waals surface area (Å²) in [5.74, 6) is 0.739. The maximum Gasteiger partial charge on any atom is 0.119 e. The van der Waals surface area contributed by atoms with Crippen molar-refractivity contribution < 1.29 is 4.74 Å². The van der Waals surface area contributed by atoms with E-state index in [0.717, 1.165) is 11.3 Å². The third-order valence-electron chi connectivity index (χ3n) is 1.75. The van der Waals surface area contributed by atoms with Crippen LogP contribution >= 0.6 is 11.6 Å². The second-order valence-electron chi connectivity index (χ2n) is 2.70. The molecule has 0 atom stereocenters. The van der Waals surface area contributed by atoms with Crippen molar-refractivity contribution in [3.05, 3.63) is 45.3 Å². The number of azide groups is 1. The van der Waals surface area contributed by atoms with Crippen LogP contribution in [0.25, 0.3) is 16.5 Å². The summed E-state index contributed by atoms with van der Waals surface area (Å²) in [5, 5.41) is 4.01. The summed E-state index contributed by atoms with van der Waals surface area (Å²) in [5.41, 5.74) is 8.92. The lowest BCUT2D eigenvalue weighted by Gasteiger charge is -2.02. The van der Waals surface area contributed by atoms with Gasteiger partial charge in [0, 0.05) is 16.5 Å². The minimum atomic E-state index is 0.310. The van der Waals surface area contributed by atoms with Gasteiger partial charge in [-0.25, -0.2) is 0 Å². The molecule has 0 aliphatic rings. The molecule has 0 radical (unpaired) electrons. The largest absolute Gasteiger partial charge is 0.497 e. The Kier molecular flexibility index (Phi) is 4.54. The first-order valence-electron chi connectivity index (χ1n) is 4.29. The van der Waals surface area contributed by atoms with Crippen LogP contribution < -0.4 is 4.74 Å². The first-order chi connectivity index (χ1) is 7.27. The predicted octanol–water partition coefficient (Wildman–Crippen LogP) is 3.67. The van der Waals surface area contributed by atoms with Crippen LogP contribution in [0.15, 0.2) is 29.4 Å². The van der Waals surface area contributed by atoms with Gasteiger partial charge in [0.2, 0.25) is 0 Å². The molecule has 0 spiro atoms. The zero-order chi connectivity index (χ0) is 11.1. The summed E-state index contributed by atoms with van der Waals surface area (Å²) in [6, 6.07) is 5.36. The van der Waals surface area contributed by atoms with Gasteiger partial charge in [0.25, 0.3) is 0 Å². The predicted molar refractivity (Wildman–Crippen MR) is 61.1 cm³/mol. The highest BCUT2D eigenvalue weighted by Crippen LogP contribution is 2.22. The first kappa shape index (κ1) is 11.4. The van der Waals surface area contributed by atoms with E-state index >= 15 is 0 Å². The lowest BCUT2D eigenvalue weighted by Crippen LogP contribution is -1.84. The van der Waals surface area contributed by atoms with E-state index in [9.17, 15) is 0 Å². The Hall–Kier alpha value is -1.64. The maximum atomic E-state index is 8.08. The number of hydrogen-bond donors (Lipinski definition) is 0. The zero-order valence-electron chi connectivity index (χ0n) is 8.22. The topological polar surface area (TPSA) is 58.0 Å². The van der Waals surface area contributed by atoms with Gasteiger partial charge in [0.05, 0.1) is 7.11 Å². The van der Waals surface area contributed by atoms with Gasteiger partial charge < -0.3 is 4.74 Å². The minimum absolute atomic E-state index is 0.310. The highest BCUT2D eigenvalue weighted by Gasteiger charge is 1.98. The number of rotatable bonds is 4. The molecule has 0 aliphatic carbocycles. The molecular weight excluding hydrogens is 214 g/mol. The van der Waals surface area contributed by atoms with Crippen LogP contribution in [0.1, 0.15) is 5.56 Å². The van der Waals surface area contributed by atoms with Crippen LogP contribution in [0.5, 0.6) is 5.75 Å². The molecule has 1 aromatic rings. The molecule has 1 rings (SSSR count).